The van der Waals surface area contributed by atoms with E-state index in [9.17, 15) is 0 Å². The molecule has 4 aromatic carbocycles. The molecule has 0 saturated carbocycles. The van der Waals surface area contributed by atoms with Crippen LogP contribution in [0.2, 0.25) is 0 Å². The van der Waals surface area contributed by atoms with E-state index in [2.05, 4.69) is 128 Å². The molecule has 0 aliphatic rings. The minimum Gasteiger partial charge on any atom is -0.437 e. The summed E-state index contributed by atoms with van der Waals surface area (Å²) < 4.78 is 8.81. The number of para-hydroxylation sites is 1. The molecule has 0 unspecified atom stereocenters. The van der Waals surface area contributed by atoms with Gasteiger partial charge in [0.15, 0.2) is 0 Å². The summed E-state index contributed by atoms with van der Waals surface area (Å²) in [4.78, 5) is 15.0. The van der Waals surface area contributed by atoms with Gasteiger partial charge in [0.25, 0.3) is 0 Å². The first-order valence-corrected chi connectivity index (χ1v) is 14.6. The highest BCUT2D eigenvalue weighted by molar-refractivity contribution is 6.10. The molecule has 43 heavy (non-hydrogen) atoms. The van der Waals surface area contributed by atoms with Gasteiger partial charge in [0, 0.05) is 38.6 Å². The number of benzene rings is 4. The Hall–Kier alpha value is -5.29. The summed E-state index contributed by atoms with van der Waals surface area (Å²) in [6.45, 7) is 8.53. The summed E-state index contributed by atoms with van der Waals surface area (Å²) in [7, 11) is 0. The Morgan fingerprint density at radius 3 is 2.14 bits per heavy atom. The van der Waals surface area contributed by atoms with Crippen molar-refractivity contribution in [2.45, 2.75) is 33.1 Å². The Morgan fingerprint density at radius 2 is 1.35 bits per heavy atom. The van der Waals surface area contributed by atoms with E-state index >= 15 is 0 Å². The van der Waals surface area contributed by atoms with E-state index in [1.807, 2.05) is 13.0 Å². The fourth-order valence-electron chi connectivity index (χ4n) is 6.01. The average molecular weight is 559 g/mol. The molecule has 0 bridgehead atoms. The summed E-state index contributed by atoms with van der Waals surface area (Å²) in [5.41, 5.74) is 10.5. The molecule has 5 nitrogen and oxygen atoms in total. The molecule has 0 aliphatic carbocycles. The molecule has 0 spiro atoms. The third-order valence-corrected chi connectivity index (χ3v) is 8.23. The van der Waals surface area contributed by atoms with E-state index in [0.29, 0.717) is 5.71 Å². The number of hydrogen-bond acceptors (Lipinski definition) is 4. The molecular formula is C38H30N4O. The zero-order valence-corrected chi connectivity index (χ0v) is 24.6. The highest BCUT2D eigenvalue weighted by atomic mass is 16.3. The number of rotatable bonds is 3. The van der Waals surface area contributed by atoms with Crippen LogP contribution >= 0.6 is 0 Å². The highest BCUT2D eigenvalue weighted by Crippen LogP contribution is 2.39. The second kappa shape index (κ2) is 9.36. The van der Waals surface area contributed by atoms with Gasteiger partial charge < -0.3 is 4.42 Å². The van der Waals surface area contributed by atoms with E-state index in [1.54, 1.807) is 0 Å². The minimum absolute atomic E-state index is 0.0800. The van der Waals surface area contributed by atoms with Gasteiger partial charge in [0.2, 0.25) is 5.71 Å². The molecule has 0 aliphatic heterocycles. The monoisotopic (exact) mass is 558 g/mol. The predicted molar refractivity (Wildman–Crippen MR) is 176 cm³/mol. The maximum atomic E-state index is 6.56. The Balaban J connectivity index is 1.41. The van der Waals surface area contributed by atoms with Crippen LogP contribution < -0.4 is 0 Å². The summed E-state index contributed by atoms with van der Waals surface area (Å²) in [5, 5.41) is 3.09. The Labute approximate surface area is 249 Å². The lowest BCUT2D eigenvalue weighted by molar-refractivity contribution is 0.562. The van der Waals surface area contributed by atoms with Crippen LogP contribution in [-0.2, 0) is 5.41 Å². The molecule has 4 heterocycles. The zero-order valence-electron chi connectivity index (χ0n) is 24.6. The molecule has 208 valence electrons. The van der Waals surface area contributed by atoms with Crippen LogP contribution in [0.1, 0.15) is 32.2 Å². The molecular weight excluding hydrogens is 528 g/mol. The summed E-state index contributed by atoms with van der Waals surface area (Å²) in [6.07, 6.45) is 0. The van der Waals surface area contributed by atoms with Gasteiger partial charge in [-0.05, 0) is 72.6 Å². The molecule has 0 fully saturated rings. The maximum Gasteiger partial charge on any atom is 0.227 e. The quantitative estimate of drug-likeness (QED) is 0.217. The minimum atomic E-state index is -0.0800. The fraction of sp³-hybridized carbons (Fsp3) is 0.132. The lowest BCUT2D eigenvalue weighted by Gasteiger charge is -2.16. The Bertz CT molecular complexity index is 2320. The first-order valence-electron chi connectivity index (χ1n) is 14.6. The lowest BCUT2D eigenvalue weighted by Crippen LogP contribution is -2.12. The zero-order chi connectivity index (χ0) is 29.3. The SMILES string of the molecule is Cc1ccc2c(ccc3nc(-c4cccc5c4oc4nc(C(C)(C)C)ccc45)n(-c4ccc(-c5ccccc5)cc4)c32)n1. The summed E-state index contributed by atoms with van der Waals surface area (Å²) >= 11 is 0. The Morgan fingerprint density at radius 1 is 0.605 bits per heavy atom. The van der Waals surface area contributed by atoms with E-state index < -0.39 is 0 Å². The first-order chi connectivity index (χ1) is 20.8. The number of aryl methyl sites for hydroxylation is 1. The van der Waals surface area contributed by atoms with Gasteiger partial charge in [-0.15, -0.1) is 0 Å². The molecule has 8 rings (SSSR count). The first kappa shape index (κ1) is 25.4. The largest absolute Gasteiger partial charge is 0.437 e. The van der Waals surface area contributed by atoms with Gasteiger partial charge in [0.1, 0.15) is 11.4 Å². The van der Waals surface area contributed by atoms with Gasteiger partial charge >= 0.3 is 0 Å². The van der Waals surface area contributed by atoms with E-state index in [0.717, 1.165) is 72.3 Å². The third-order valence-electron chi connectivity index (χ3n) is 8.23. The molecule has 0 radical (unpaired) electrons. The molecule has 0 N–H and O–H groups in total. The number of furan rings is 1. The Kier molecular flexibility index (Phi) is 5.54. The normalized spacial score (nSPS) is 12.2. The number of nitrogens with zero attached hydrogens (tertiary/aromatic N) is 4. The van der Waals surface area contributed by atoms with Crippen molar-refractivity contribution < 1.29 is 4.42 Å². The van der Waals surface area contributed by atoms with E-state index in [-0.39, 0.29) is 5.41 Å². The average Bonchev–Trinajstić information content (AvgIpc) is 3.59. The summed E-state index contributed by atoms with van der Waals surface area (Å²) in [5.74, 6) is 0.816. The fourth-order valence-corrected chi connectivity index (χ4v) is 6.01. The molecule has 5 heteroatoms. The van der Waals surface area contributed by atoms with Crippen molar-refractivity contribution in [1.29, 1.82) is 0 Å². The molecule has 0 saturated heterocycles. The van der Waals surface area contributed by atoms with Gasteiger partial charge in [-0.25, -0.2) is 9.97 Å². The van der Waals surface area contributed by atoms with Crippen LogP contribution in [0.15, 0.2) is 114 Å². The van der Waals surface area contributed by atoms with Crippen molar-refractivity contribution in [3.8, 4) is 28.2 Å². The lowest BCUT2D eigenvalue weighted by atomic mass is 9.91. The van der Waals surface area contributed by atoms with Crippen LogP contribution in [-0.4, -0.2) is 19.5 Å². The van der Waals surface area contributed by atoms with E-state index in [1.165, 1.54) is 5.56 Å². The third kappa shape index (κ3) is 4.11. The van der Waals surface area contributed by atoms with Crippen LogP contribution in [0.3, 0.4) is 0 Å². The predicted octanol–water partition coefficient (Wildman–Crippen LogP) is 9.81. The van der Waals surface area contributed by atoms with Gasteiger partial charge in [-0.1, -0.05) is 75.4 Å². The van der Waals surface area contributed by atoms with Crippen LogP contribution in [0.25, 0.3) is 72.2 Å². The van der Waals surface area contributed by atoms with Crippen molar-refractivity contribution in [1.82, 2.24) is 19.5 Å². The van der Waals surface area contributed by atoms with Gasteiger partial charge in [-0.3, -0.25) is 9.55 Å². The smallest absolute Gasteiger partial charge is 0.227 e. The number of hydrogen-bond donors (Lipinski definition) is 0. The van der Waals surface area contributed by atoms with Crippen LogP contribution in [0.5, 0.6) is 0 Å². The van der Waals surface area contributed by atoms with Crippen molar-refractivity contribution >= 4 is 44.0 Å². The van der Waals surface area contributed by atoms with E-state index in [4.69, 9.17) is 19.4 Å². The van der Waals surface area contributed by atoms with Crippen LogP contribution in [0.4, 0.5) is 0 Å². The van der Waals surface area contributed by atoms with Crippen molar-refractivity contribution in [3.05, 3.63) is 121 Å². The number of pyridine rings is 2. The summed E-state index contributed by atoms with van der Waals surface area (Å²) in [6, 6.07) is 38.0. The van der Waals surface area contributed by atoms with Crippen molar-refractivity contribution in [2.24, 2.45) is 0 Å². The topological polar surface area (TPSA) is 56.7 Å². The van der Waals surface area contributed by atoms with Crippen LogP contribution in [0, 0.1) is 6.92 Å². The van der Waals surface area contributed by atoms with Gasteiger partial charge in [-0.2, -0.15) is 0 Å². The standard InChI is InChI=1S/C38H30N4O/c1-23-13-18-29-31(39-23)20-21-32-34(29)42(26-16-14-25(15-17-26)24-9-6-5-7-10-24)36(40-32)30-12-8-11-27-28-19-22-33(38(2,3)4)41-37(28)43-35(27)30/h5-22H,1-4H3. The van der Waals surface area contributed by atoms with Crippen molar-refractivity contribution in [2.75, 3.05) is 0 Å². The molecule has 8 aromatic rings. The van der Waals surface area contributed by atoms with Gasteiger partial charge in [0.05, 0.1) is 22.1 Å². The molecule has 0 atom stereocenters. The highest BCUT2D eigenvalue weighted by Gasteiger charge is 2.23. The maximum absolute atomic E-state index is 6.56. The molecule has 0 amide bonds. The second-order valence-corrected chi connectivity index (χ2v) is 12.2. The number of fused-ring (bicyclic) bond motifs is 6. The number of aromatic nitrogens is 4. The number of imidazole rings is 1. The molecule has 4 aromatic heterocycles. The second-order valence-electron chi connectivity index (χ2n) is 12.2. The van der Waals surface area contributed by atoms with Crippen molar-refractivity contribution in [3.63, 3.8) is 0 Å².